The average Bonchev–Trinajstić information content (AvgIpc) is 2.39. The molecule has 1 atom stereocenters. The molecule has 112 valence electrons. The molecular formula is C13H19BrFN3O2. The van der Waals surface area contributed by atoms with Crippen molar-refractivity contribution in [3.63, 3.8) is 0 Å². The quantitative estimate of drug-likeness (QED) is 0.604. The van der Waals surface area contributed by atoms with Gasteiger partial charge in [-0.15, -0.1) is 0 Å². The van der Waals surface area contributed by atoms with E-state index in [1.54, 1.807) is 0 Å². The third-order valence-corrected chi connectivity index (χ3v) is 3.67. The first-order chi connectivity index (χ1) is 9.38. The molecule has 0 saturated heterocycles. The van der Waals surface area contributed by atoms with Gasteiger partial charge in [-0.05, 0) is 42.0 Å². The standard InChI is InChI=1S/C13H19BrFN3O2/c1-4-17(5-2)8-9(3)16-12-6-10(14)11(15)7-13(12)18(19)20/h6-7,9,16H,4-5,8H2,1-3H3. The van der Waals surface area contributed by atoms with Gasteiger partial charge in [0.25, 0.3) is 5.69 Å². The highest BCUT2D eigenvalue weighted by Crippen LogP contribution is 2.31. The third kappa shape index (κ3) is 4.42. The molecule has 5 nitrogen and oxygen atoms in total. The van der Waals surface area contributed by atoms with Crippen LogP contribution in [0.25, 0.3) is 0 Å². The number of nitrogens with zero attached hydrogens (tertiary/aromatic N) is 2. The summed E-state index contributed by atoms with van der Waals surface area (Å²) in [5, 5.41) is 14.1. The molecule has 0 saturated carbocycles. The van der Waals surface area contributed by atoms with E-state index in [0.717, 1.165) is 25.7 Å². The molecule has 0 radical (unpaired) electrons. The Morgan fingerprint density at radius 3 is 2.55 bits per heavy atom. The van der Waals surface area contributed by atoms with Crippen molar-refractivity contribution in [1.29, 1.82) is 0 Å². The molecule has 20 heavy (non-hydrogen) atoms. The minimum Gasteiger partial charge on any atom is -0.376 e. The minimum atomic E-state index is -0.640. The largest absolute Gasteiger partial charge is 0.376 e. The fourth-order valence-corrected chi connectivity index (χ4v) is 2.33. The second-order valence-corrected chi connectivity index (χ2v) is 5.43. The average molecular weight is 348 g/mol. The van der Waals surface area contributed by atoms with Crippen LogP contribution in [-0.4, -0.2) is 35.5 Å². The fraction of sp³-hybridized carbons (Fsp3) is 0.538. The van der Waals surface area contributed by atoms with E-state index in [0.29, 0.717) is 5.69 Å². The van der Waals surface area contributed by atoms with E-state index in [9.17, 15) is 14.5 Å². The molecule has 0 bridgehead atoms. The summed E-state index contributed by atoms with van der Waals surface area (Å²) in [6.07, 6.45) is 0. The number of nitro groups is 1. The fourth-order valence-electron chi connectivity index (χ4n) is 1.98. The topological polar surface area (TPSA) is 58.4 Å². The van der Waals surface area contributed by atoms with Gasteiger partial charge >= 0.3 is 0 Å². The SMILES string of the molecule is CCN(CC)CC(C)Nc1cc(Br)c(F)cc1[N+](=O)[O-]. The Bertz CT molecular complexity index is 481. The molecule has 0 aliphatic rings. The first-order valence-corrected chi connectivity index (χ1v) is 7.30. The van der Waals surface area contributed by atoms with Crippen molar-refractivity contribution >= 4 is 27.3 Å². The lowest BCUT2D eigenvalue weighted by Gasteiger charge is -2.24. The van der Waals surface area contributed by atoms with Crippen LogP contribution in [-0.2, 0) is 0 Å². The van der Waals surface area contributed by atoms with Crippen molar-refractivity contribution in [3.05, 3.63) is 32.5 Å². The van der Waals surface area contributed by atoms with Gasteiger partial charge < -0.3 is 10.2 Å². The number of nitrogens with one attached hydrogen (secondary N) is 1. The predicted molar refractivity (Wildman–Crippen MR) is 81.6 cm³/mol. The number of benzene rings is 1. The number of halogens is 2. The smallest absolute Gasteiger partial charge is 0.295 e. The highest BCUT2D eigenvalue weighted by atomic mass is 79.9. The van der Waals surface area contributed by atoms with Gasteiger partial charge in [-0.3, -0.25) is 10.1 Å². The Morgan fingerprint density at radius 2 is 2.05 bits per heavy atom. The second kappa shape index (κ2) is 7.54. The summed E-state index contributed by atoms with van der Waals surface area (Å²) in [4.78, 5) is 12.6. The van der Waals surface area contributed by atoms with Crippen LogP contribution in [0.1, 0.15) is 20.8 Å². The summed E-state index contributed by atoms with van der Waals surface area (Å²) in [6, 6.07) is 2.36. The van der Waals surface area contributed by atoms with Crippen LogP contribution in [0.4, 0.5) is 15.8 Å². The van der Waals surface area contributed by atoms with Gasteiger partial charge in [-0.25, -0.2) is 4.39 Å². The molecule has 1 N–H and O–H groups in total. The number of hydrogen-bond donors (Lipinski definition) is 1. The summed E-state index contributed by atoms with van der Waals surface area (Å²) < 4.78 is 13.6. The first-order valence-electron chi connectivity index (χ1n) is 6.51. The summed E-state index contributed by atoms with van der Waals surface area (Å²) in [5.41, 5.74) is 0.0695. The summed E-state index contributed by atoms with van der Waals surface area (Å²) in [5.74, 6) is -0.640. The van der Waals surface area contributed by atoms with Crippen LogP contribution < -0.4 is 5.32 Å². The molecule has 7 heteroatoms. The van der Waals surface area contributed by atoms with E-state index in [4.69, 9.17) is 0 Å². The zero-order chi connectivity index (χ0) is 15.3. The van der Waals surface area contributed by atoms with Gasteiger partial charge in [0.05, 0.1) is 15.5 Å². The molecule has 0 fully saturated rings. The molecule has 0 aliphatic carbocycles. The van der Waals surface area contributed by atoms with Crippen LogP contribution in [0.2, 0.25) is 0 Å². The van der Waals surface area contributed by atoms with Crippen LogP contribution in [0.3, 0.4) is 0 Å². The third-order valence-electron chi connectivity index (χ3n) is 3.06. The molecular weight excluding hydrogens is 329 g/mol. The molecule has 0 spiro atoms. The molecule has 1 aromatic rings. The molecule has 1 unspecified atom stereocenters. The summed E-state index contributed by atoms with van der Waals surface area (Å²) in [6.45, 7) is 8.66. The van der Waals surface area contributed by atoms with Gasteiger partial charge in [0.15, 0.2) is 0 Å². The van der Waals surface area contributed by atoms with E-state index < -0.39 is 10.7 Å². The van der Waals surface area contributed by atoms with E-state index in [1.165, 1.54) is 6.07 Å². The summed E-state index contributed by atoms with van der Waals surface area (Å²) >= 11 is 3.05. The van der Waals surface area contributed by atoms with E-state index in [2.05, 4.69) is 40.0 Å². The Balaban J connectivity index is 2.90. The van der Waals surface area contributed by atoms with Crippen molar-refractivity contribution in [2.45, 2.75) is 26.8 Å². The van der Waals surface area contributed by atoms with E-state index in [-0.39, 0.29) is 16.2 Å². The van der Waals surface area contributed by atoms with E-state index in [1.807, 2.05) is 6.92 Å². The minimum absolute atomic E-state index is 0.0194. The Hall–Kier alpha value is -1.21. The Morgan fingerprint density at radius 1 is 1.45 bits per heavy atom. The lowest BCUT2D eigenvalue weighted by Crippen LogP contribution is -2.34. The second-order valence-electron chi connectivity index (χ2n) is 4.57. The maximum absolute atomic E-state index is 13.4. The Kier molecular flexibility index (Phi) is 6.35. The monoisotopic (exact) mass is 347 g/mol. The zero-order valence-electron chi connectivity index (χ0n) is 11.8. The van der Waals surface area contributed by atoms with Gasteiger partial charge in [0.2, 0.25) is 0 Å². The number of nitro benzene ring substituents is 1. The van der Waals surface area contributed by atoms with Crippen LogP contribution in [0, 0.1) is 15.9 Å². The number of likely N-dealkylation sites (N-methyl/N-ethyl adjacent to an activating group) is 1. The highest BCUT2D eigenvalue weighted by molar-refractivity contribution is 9.10. The van der Waals surface area contributed by atoms with Crippen molar-refractivity contribution in [3.8, 4) is 0 Å². The van der Waals surface area contributed by atoms with Crippen molar-refractivity contribution in [2.24, 2.45) is 0 Å². The maximum atomic E-state index is 13.4. The molecule has 0 aromatic heterocycles. The highest BCUT2D eigenvalue weighted by Gasteiger charge is 2.19. The molecule has 0 heterocycles. The molecule has 0 amide bonds. The number of hydrogen-bond acceptors (Lipinski definition) is 4. The molecule has 1 aromatic carbocycles. The van der Waals surface area contributed by atoms with Crippen molar-refractivity contribution in [2.75, 3.05) is 25.0 Å². The van der Waals surface area contributed by atoms with Crippen LogP contribution >= 0.6 is 15.9 Å². The molecule has 1 rings (SSSR count). The number of anilines is 1. The summed E-state index contributed by atoms with van der Waals surface area (Å²) in [7, 11) is 0. The molecule has 0 aliphatic heterocycles. The van der Waals surface area contributed by atoms with Crippen LogP contribution in [0.15, 0.2) is 16.6 Å². The van der Waals surface area contributed by atoms with Gasteiger partial charge in [-0.1, -0.05) is 13.8 Å². The van der Waals surface area contributed by atoms with Crippen molar-refractivity contribution < 1.29 is 9.31 Å². The van der Waals surface area contributed by atoms with Gasteiger partial charge in [0, 0.05) is 12.6 Å². The Labute approximate surface area is 126 Å². The van der Waals surface area contributed by atoms with Crippen LogP contribution in [0.5, 0.6) is 0 Å². The van der Waals surface area contributed by atoms with E-state index >= 15 is 0 Å². The lowest BCUT2D eigenvalue weighted by atomic mass is 10.2. The predicted octanol–water partition coefficient (Wildman–Crippen LogP) is 3.64. The first kappa shape index (κ1) is 16.8. The van der Waals surface area contributed by atoms with Gasteiger partial charge in [-0.2, -0.15) is 0 Å². The maximum Gasteiger partial charge on any atom is 0.295 e. The lowest BCUT2D eigenvalue weighted by molar-refractivity contribution is -0.384. The van der Waals surface area contributed by atoms with Crippen molar-refractivity contribution in [1.82, 2.24) is 4.90 Å². The zero-order valence-corrected chi connectivity index (χ0v) is 13.4. The normalized spacial score (nSPS) is 12.5. The number of rotatable bonds is 7. The van der Waals surface area contributed by atoms with Gasteiger partial charge in [0.1, 0.15) is 11.5 Å².